The zero-order chi connectivity index (χ0) is 15.6. The summed E-state index contributed by atoms with van der Waals surface area (Å²) >= 11 is 0. The van der Waals surface area contributed by atoms with Gasteiger partial charge in [-0.3, -0.25) is 4.79 Å². The van der Waals surface area contributed by atoms with Crippen molar-refractivity contribution in [3.05, 3.63) is 0 Å². The zero-order valence-corrected chi connectivity index (χ0v) is 13.1. The van der Waals surface area contributed by atoms with Crippen LogP contribution in [0.4, 0.5) is 4.79 Å². The molecule has 6 nitrogen and oxygen atoms in total. The number of amides is 1. The lowest BCUT2D eigenvalue weighted by molar-refractivity contribution is -0.142. The summed E-state index contributed by atoms with van der Waals surface area (Å²) in [6.07, 6.45) is 0.966. The number of nitrogens with zero attached hydrogens (tertiary/aromatic N) is 1. The van der Waals surface area contributed by atoms with Gasteiger partial charge in [-0.2, -0.15) is 0 Å². The summed E-state index contributed by atoms with van der Waals surface area (Å²) in [6.45, 7) is 7.92. The van der Waals surface area contributed by atoms with Crippen molar-refractivity contribution in [3.8, 4) is 0 Å². The van der Waals surface area contributed by atoms with Crippen molar-refractivity contribution in [3.63, 3.8) is 0 Å². The minimum Gasteiger partial charge on any atom is -0.469 e. The number of carbonyl (C=O) groups is 2. The van der Waals surface area contributed by atoms with E-state index in [2.05, 4.69) is 4.74 Å². The summed E-state index contributed by atoms with van der Waals surface area (Å²) in [6, 6.07) is -0.0618. The number of carbonyl (C=O) groups excluding carboxylic acids is 2. The SMILES string of the molecule is COC(=O)CC1(N)CCN(C(=O)OC(C)(C)C)C(C)C1. The Morgan fingerprint density at radius 3 is 2.45 bits per heavy atom. The van der Waals surface area contributed by atoms with Crippen LogP contribution in [0, 0.1) is 0 Å². The fraction of sp³-hybridized carbons (Fsp3) is 0.857. The monoisotopic (exact) mass is 286 g/mol. The van der Waals surface area contributed by atoms with E-state index in [-0.39, 0.29) is 24.5 Å². The first-order chi connectivity index (χ1) is 9.06. The maximum absolute atomic E-state index is 12.1. The number of hydrogen-bond acceptors (Lipinski definition) is 5. The van der Waals surface area contributed by atoms with E-state index >= 15 is 0 Å². The van der Waals surface area contributed by atoms with Crippen LogP contribution in [-0.4, -0.2) is 47.8 Å². The molecule has 0 aromatic carbocycles. The van der Waals surface area contributed by atoms with Crippen LogP contribution in [0.15, 0.2) is 0 Å². The number of ether oxygens (including phenoxy) is 2. The maximum atomic E-state index is 12.1. The van der Waals surface area contributed by atoms with Crippen LogP contribution in [0.1, 0.15) is 47.0 Å². The van der Waals surface area contributed by atoms with E-state index < -0.39 is 11.1 Å². The minimum atomic E-state index is -0.606. The molecule has 6 heteroatoms. The molecule has 1 rings (SSSR count). The van der Waals surface area contributed by atoms with Crippen LogP contribution in [-0.2, 0) is 14.3 Å². The Morgan fingerprint density at radius 2 is 2.00 bits per heavy atom. The first-order valence-electron chi connectivity index (χ1n) is 6.92. The van der Waals surface area contributed by atoms with E-state index in [0.717, 1.165) is 0 Å². The van der Waals surface area contributed by atoms with Gasteiger partial charge in [0.2, 0.25) is 0 Å². The van der Waals surface area contributed by atoms with E-state index in [1.807, 2.05) is 27.7 Å². The lowest BCUT2D eigenvalue weighted by Crippen LogP contribution is -2.57. The van der Waals surface area contributed by atoms with Gasteiger partial charge in [0.1, 0.15) is 5.60 Å². The molecule has 20 heavy (non-hydrogen) atoms. The third-order valence-electron chi connectivity index (χ3n) is 3.44. The Bertz CT molecular complexity index is 378. The summed E-state index contributed by atoms with van der Waals surface area (Å²) < 4.78 is 10.0. The molecule has 116 valence electrons. The van der Waals surface area contributed by atoms with Crippen molar-refractivity contribution in [2.75, 3.05) is 13.7 Å². The summed E-state index contributed by atoms with van der Waals surface area (Å²) in [4.78, 5) is 25.1. The molecule has 0 aromatic rings. The fourth-order valence-corrected chi connectivity index (χ4v) is 2.48. The topological polar surface area (TPSA) is 81.9 Å². The van der Waals surface area contributed by atoms with Gasteiger partial charge >= 0.3 is 12.1 Å². The van der Waals surface area contributed by atoms with Crippen molar-refractivity contribution in [2.45, 2.75) is 64.1 Å². The summed E-state index contributed by atoms with van der Waals surface area (Å²) in [5, 5.41) is 0. The third kappa shape index (κ3) is 4.67. The highest BCUT2D eigenvalue weighted by Gasteiger charge is 2.39. The number of hydrogen-bond donors (Lipinski definition) is 1. The van der Waals surface area contributed by atoms with Crippen LogP contribution in [0.5, 0.6) is 0 Å². The predicted molar refractivity (Wildman–Crippen MR) is 75.2 cm³/mol. The number of likely N-dealkylation sites (tertiary alicyclic amines) is 1. The van der Waals surface area contributed by atoms with Gasteiger partial charge in [0.05, 0.1) is 13.5 Å². The highest BCUT2D eigenvalue weighted by atomic mass is 16.6. The molecule has 2 atom stereocenters. The Morgan fingerprint density at radius 1 is 1.40 bits per heavy atom. The van der Waals surface area contributed by atoms with E-state index in [1.54, 1.807) is 4.90 Å². The second kappa shape index (κ2) is 5.99. The highest BCUT2D eigenvalue weighted by Crippen LogP contribution is 2.29. The Hall–Kier alpha value is -1.30. The van der Waals surface area contributed by atoms with Crippen LogP contribution in [0.3, 0.4) is 0 Å². The minimum absolute atomic E-state index is 0.0618. The molecule has 1 heterocycles. The molecule has 2 unspecified atom stereocenters. The molecular formula is C14H26N2O4. The molecule has 1 amide bonds. The summed E-state index contributed by atoms with van der Waals surface area (Å²) in [5.74, 6) is -0.314. The quantitative estimate of drug-likeness (QED) is 0.781. The number of piperidine rings is 1. The smallest absolute Gasteiger partial charge is 0.410 e. The number of nitrogens with two attached hydrogens (primary N) is 1. The van der Waals surface area contributed by atoms with Crippen LogP contribution >= 0.6 is 0 Å². The van der Waals surface area contributed by atoms with E-state index in [0.29, 0.717) is 19.4 Å². The van der Waals surface area contributed by atoms with Gasteiger partial charge in [-0.05, 0) is 40.5 Å². The van der Waals surface area contributed by atoms with Gasteiger partial charge in [-0.25, -0.2) is 4.79 Å². The van der Waals surface area contributed by atoms with Gasteiger partial charge in [0, 0.05) is 18.1 Å². The largest absolute Gasteiger partial charge is 0.469 e. The molecule has 0 saturated carbocycles. The third-order valence-corrected chi connectivity index (χ3v) is 3.44. The number of rotatable bonds is 2. The molecule has 1 aliphatic heterocycles. The van der Waals surface area contributed by atoms with Crippen molar-refractivity contribution in [2.24, 2.45) is 5.73 Å². The summed E-state index contributed by atoms with van der Waals surface area (Å²) in [7, 11) is 1.35. The van der Waals surface area contributed by atoms with Crippen LogP contribution in [0.25, 0.3) is 0 Å². The predicted octanol–water partition coefficient (Wildman–Crippen LogP) is 1.67. The second-order valence-corrected chi connectivity index (χ2v) is 6.59. The van der Waals surface area contributed by atoms with Crippen molar-refractivity contribution < 1.29 is 19.1 Å². The van der Waals surface area contributed by atoms with Gasteiger partial charge in [0.15, 0.2) is 0 Å². The molecule has 0 aliphatic carbocycles. The average molecular weight is 286 g/mol. The van der Waals surface area contributed by atoms with Gasteiger partial charge in [0.25, 0.3) is 0 Å². The number of esters is 1. The molecule has 0 bridgehead atoms. The van der Waals surface area contributed by atoms with E-state index in [9.17, 15) is 9.59 Å². The van der Waals surface area contributed by atoms with Crippen LogP contribution in [0.2, 0.25) is 0 Å². The first-order valence-corrected chi connectivity index (χ1v) is 6.92. The normalized spacial score (nSPS) is 27.1. The lowest BCUT2D eigenvalue weighted by Gasteiger charge is -2.43. The van der Waals surface area contributed by atoms with Crippen LogP contribution < -0.4 is 5.73 Å². The molecule has 0 radical (unpaired) electrons. The Balaban J connectivity index is 2.63. The van der Waals surface area contributed by atoms with Gasteiger partial charge in [-0.15, -0.1) is 0 Å². The van der Waals surface area contributed by atoms with Gasteiger partial charge < -0.3 is 20.1 Å². The van der Waals surface area contributed by atoms with E-state index in [4.69, 9.17) is 10.5 Å². The van der Waals surface area contributed by atoms with Crippen molar-refractivity contribution in [1.82, 2.24) is 4.90 Å². The van der Waals surface area contributed by atoms with Crippen molar-refractivity contribution in [1.29, 1.82) is 0 Å². The zero-order valence-electron chi connectivity index (χ0n) is 13.1. The molecule has 1 aliphatic rings. The first kappa shape index (κ1) is 16.8. The standard InChI is InChI=1S/C14H26N2O4/c1-10-8-14(15,9-11(17)19-5)6-7-16(10)12(18)20-13(2,3)4/h10H,6-9,15H2,1-5H3. The molecule has 0 aromatic heterocycles. The average Bonchev–Trinajstić information content (AvgIpc) is 2.25. The molecule has 0 spiro atoms. The van der Waals surface area contributed by atoms with Gasteiger partial charge in [-0.1, -0.05) is 0 Å². The Kier molecular flexibility index (Phi) is 5.02. The molecule has 1 saturated heterocycles. The summed E-state index contributed by atoms with van der Waals surface area (Å²) in [5.41, 5.74) is 5.12. The Labute approximate surface area is 120 Å². The highest BCUT2D eigenvalue weighted by molar-refractivity contribution is 5.71. The second-order valence-electron chi connectivity index (χ2n) is 6.59. The molecule has 1 fully saturated rings. The number of methoxy groups -OCH3 is 1. The maximum Gasteiger partial charge on any atom is 0.410 e. The molecular weight excluding hydrogens is 260 g/mol. The van der Waals surface area contributed by atoms with Crippen molar-refractivity contribution >= 4 is 12.1 Å². The fourth-order valence-electron chi connectivity index (χ4n) is 2.48. The molecule has 2 N–H and O–H groups in total. The van der Waals surface area contributed by atoms with E-state index in [1.165, 1.54) is 7.11 Å². The lowest BCUT2D eigenvalue weighted by atomic mass is 9.82.